The molecule has 0 bridgehead atoms. The fourth-order valence-corrected chi connectivity index (χ4v) is 6.98. The third kappa shape index (κ3) is 35.8. The van der Waals surface area contributed by atoms with Gasteiger partial charge in [0.2, 0.25) is 0 Å². The van der Waals surface area contributed by atoms with Crippen molar-refractivity contribution in [3.05, 3.63) is 0 Å². The minimum Gasteiger partial charge on any atom is -0.477 e. The number of unbranched alkanes of at least 4 members (excludes halogenated alkanes) is 27. The molecule has 0 aromatic heterocycles. The highest BCUT2D eigenvalue weighted by Gasteiger charge is 2.31. The number of nitrogens with zero attached hydrogens (tertiary/aromatic N) is 1. The van der Waals surface area contributed by atoms with Crippen LogP contribution in [0.5, 0.6) is 0 Å². The van der Waals surface area contributed by atoms with E-state index in [-0.39, 0.29) is 36.2 Å². The molecule has 0 rings (SSSR count). The average Bonchev–Trinajstić information content (AvgIpc) is 3.11. The van der Waals surface area contributed by atoms with Gasteiger partial charge in [0, 0.05) is 19.3 Å². The van der Waals surface area contributed by atoms with Crippen LogP contribution in [0.15, 0.2) is 0 Å². The second-order valence-electron chi connectivity index (χ2n) is 16.7. The lowest BCUT2D eigenvalue weighted by Crippen LogP contribution is -2.50. The molecule has 0 radical (unpaired) electrons. The first-order valence-corrected chi connectivity index (χ1v) is 22.6. The maximum Gasteiger partial charge on any atom is 0.362 e. The quantitative estimate of drug-likeness (QED) is 0.0377. The summed E-state index contributed by atoms with van der Waals surface area (Å²) >= 11 is 0. The summed E-state index contributed by atoms with van der Waals surface area (Å²) in [5.41, 5.74) is 0. The van der Waals surface area contributed by atoms with E-state index in [2.05, 4.69) is 13.8 Å². The first kappa shape index (κ1) is 51.3. The van der Waals surface area contributed by atoms with Crippen molar-refractivity contribution in [2.75, 3.05) is 41.0 Å². The Balaban J connectivity index is 4.25. The summed E-state index contributed by atoms with van der Waals surface area (Å²) < 4.78 is 17.3. The number of hydrogen-bond acceptors (Lipinski definition) is 6. The maximum atomic E-state index is 12.7. The van der Waals surface area contributed by atoms with Gasteiger partial charge in [0.1, 0.15) is 6.61 Å². The number of aliphatic carboxylic acids is 1. The number of esters is 2. The summed E-state index contributed by atoms with van der Waals surface area (Å²) in [4.78, 5) is 36.9. The largest absolute Gasteiger partial charge is 0.477 e. The van der Waals surface area contributed by atoms with Crippen LogP contribution in [0, 0.1) is 0 Å². The molecular formula is C45H88NO7+. The second-order valence-corrected chi connectivity index (χ2v) is 16.7. The zero-order chi connectivity index (χ0) is 39.3. The SMILES string of the molecule is CCCCCCCCCCCCCCCCCCCCC(=O)OC(COCCC(C(=O)O)[N+](C)(C)C)COC(=O)CCCCCCCCCCCCC. The van der Waals surface area contributed by atoms with Crippen molar-refractivity contribution in [1.29, 1.82) is 0 Å². The zero-order valence-electron chi connectivity index (χ0n) is 35.7. The molecule has 0 aliphatic carbocycles. The second kappa shape index (κ2) is 37.3. The Morgan fingerprint density at radius 2 is 0.830 bits per heavy atom. The lowest BCUT2D eigenvalue weighted by molar-refractivity contribution is -0.887. The molecule has 53 heavy (non-hydrogen) atoms. The zero-order valence-corrected chi connectivity index (χ0v) is 35.7. The van der Waals surface area contributed by atoms with Gasteiger partial charge < -0.3 is 23.8 Å². The number of carbonyl (C=O) groups excluding carboxylic acids is 2. The van der Waals surface area contributed by atoms with Crippen LogP contribution in [0.2, 0.25) is 0 Å². The number of likely N-dealkylation sites (N-methyl/N-ethyl adjacent to an activating group) is 1. The first-order valence-electron chi connectivity index (χ1n) is 22.6. The van der Waals surface area contributed by atoms with Crippen molar-refractivity contribution >= 4 is 17.9 Å². The van der Waals surface area contributed by atoms with Crippen molar-refractivity contribution in [3.8, 4) is 0 Å². The minimum absolute atomic E-state index is 0.0422. The summed E-state index contributed by atoms with van der Waals surface area (Å²) in [6.07, 6.45) is 37.1. The smallest absolute Gasteiger partial charge is 0.362 e. The fraction of sp³-hybridized carbons (Fsp3) is 0.933. The summed E-state index contributed by atoms with van der Waals surface area (Å²) in [6, 6.07) is -0.607. The number of carboxylic acids is 1. The Morgan fingerprint density at radius 3 is 1.17 bits per heavy atom. The molecule has 2 atom stereocenters. The predicted octanol–water partition coefficient (Wildman–Crippen LogP) is 12.1. The van der Waals surface area contributed by atoms with Crippen LogP contribution in [0.25, 0.3) is 0 Å². The molecule has 0 saturated carbocycles. The number of carbonyl (C=O) groups is 3. The molecule has 0 aliphatic heterocycles. The molecule has 0 aromatic carbocycles. The monoisotopic (exact) mass is 755 g/mol. The Labute approximate surface area is 327 Å². The van der Waals surface area contributed by atoms with Crippen molar-refractivity contribution < 1.29 is 38.2 Å². The third-order valence-electron chi connectivity index (χ3n) is 10.5. The van der Waals surface area contributed by atoms with E-state index in [1.165, 1.54) is 148 Å². The number of ether oxygens (including phenoxy) is 3. The lowest BCUT2D eigenvalue weighted by Gasteiger charge is -2.31. The van der Waals surface area contributed by atoms with E-state index in [0.717, 1.165) is 38.5 Å². The molecule has 2 unspecified atom stereocenters. The van der Waals surface area contributed by atoms with Crippen molar-refractivity contribution in [2.45, 2.75) is 231 Å². The Bertz CT molecular complexity index is 843. The molecule has 0 saturated heterocycles. The van der Waals surface area contributed by atoms with Crippen LogP contribution < -0.4 is 0 Å². The van der Waals surface area contributed by atoms with Gasteiger partial charge in [-0.15, -0.1) is 0 Å². The highest BCUT2D eigenvalue weighted by molar-refractivity contribution is 5.72. The number of rotatable bonds is 41. The topological polar surface area (TPSA) is 99.1 Å². The van der Waals surface area contributed by atoms with E-state index in [1.54, 1.807) is 0 Å². The standard InChI is InChI=1S/C45H87NO7/c1-6-8-10-12-14-16-18-19-20-21-22-23-24-26-28-30-32-34-36-44(48)53-41(39-51-38-37-42(45(49)50)46(3,4)5)40-52-43(47)35-33-31-29-27-25-17-15-13-11-9-7-2/h41-42H,6-40H2,1-5H3/p+1. The van der Waals surface area contributed by atoms with Gasteiger partial charge >= 0.3 is 17.9 Å². The molecular weight excluding hydrogens is 666 g/mol. The van der Waals surface area contributed by atoms with Gasteiger partial charge in [0.05, 0.1) is 34.4 Å². The van der Waals surface area contributed by atoms with Crippen molar-refractivity contribution in [3.63, 3.8) is 0 Å². The average molecular weight is 755 g/mol. The molecule has 0 aromatic rings. The van der Waals surface area contributed by atoms with Gasteiger partial charge in [0.15, 0.2) is 12.1 Å². The van der Waals surface area contributed by atoms with E-state index in [9.17, 15) is 19.5 Å². The van der Waals surface area contributed by atoms with E-state index in [1.807, 2.05) is 21.1 Å². The molecule has 0 aliphatic rings. The fourth-order valence-electron chi connectivity index (χ4n) is 6.98. The summed E-state index contributed by atoms with van der Waals surface area (Å²) in [6.45, 7) is 4.76. The van der Waals surface area contributed by atoms with E-state index >= 15 is 0 Å². The van der Waals surface area contributed by atoms with E-state index in [4.69, 9.17) is 14.2 Å². The number of hydrogen-bond donors (Lipinski definition) is 1. The summed E-state index contributed by atoms with van der Waals surface area (Å²) in [7, 11) is 5.54. The molecule has 0 spiro atoms. The molecule has 314 valence electrons. The Hall–Kier alpha value is -1.67. The molecule has 8 nitrogen and oxygen atoms in total. The molecule has 0 amide bonds. The predicted molar refractivity (Wildman–Crippen MR) is 220 cm³/mol. The Kier molecular flexibility index (Phi) is 36.1. The van der Waals surface area contributed by atoms with Gasteiger partial charge in [-0.3, -0.25) is 9.59 Å². The van der Waals surface area contributed by atoms with Crippen LogP contribution in [0.1, 0.15) is 219 Å². The molecule has 8 heteroatoms. The number of quaternary nitrogens is 1. The van der Waals surface area contributed by atoms with Crippen LogP contribution in [-0.4, -0.2) is 80.6 Å². The van der Waals surface area contributed by atoms with Gasteiger partial charge in [-0.05, 0) is 12.8 Å². The van der Waals surface area contributed by atoms with Gasteiger partial charge in [-0.2, -0.15) is 0 Å². The lowest BCUT2D eigenvalue weighted by atomic mass is 10.0. The third-order valence-corrected chi connectivity index (χ3v) is 10.5. The first-order chi connectivity index (χ1) is 25.6. The minimum atomic E-state index is -0.871. The van der Waals surface area contributed by atoms with E-state index < -0.39 is 18.1 Å². The Morgan fingerprint density at radius 1 is 0.491 bits per heavy atom. The van der Waals surface area contributed by atoms with Gasteiger partial charge in [-0.25, -0.2) is 4.79 Å². The van der Waals surface area contributed by atoms with Crippen LogP contribution in [-0.2, 0) is 28.6 Å². The van der Waals surface area contributed by atoms with Gasteiger partial charge in [-0.1, -0.05) is 187 Å². The summed E-state index contributed by atoms with van der Waals surface area (Å²) in [5.74, 6) is -1.45. The number of carboxylic acid groups (broad SMARTS) is 1. The van der Waals surface area contributed by atoms with Crippen LogP contribution in [0.3, 0.4) is 0 Å². The van der Waals surface area contributed by atoms with Crippen LogP contribution in [0.4, 0.5) is 0 Å². The summed E-state index contributed by atoms with van der Waals surface area (Å²) in [5, 5.41) is 9.61. The van der Waals surface area contributed by atoms with Crippen molar-refractivity contribution in [2.24, 2.45) is 0 Å². The molecule has 1 N–H and O–H groups in total. The highest BCUT2D eigenvalue weighted by Crippen LogP contribution is 2.16. The van der Waals surface area contributed by atoms with Crippen LogP contribution >= 0.6 is 0 Å². The molecule has 0 heterocycles. The molecule has 0 fully saturated rings. The normalized spacial score (nSPS) is 12.8. The van der Waals surface area contributed by atoms with Crippen molar-refractivity contribution in [1.82, 2.24) is 0 Å². The maximum absolute atomic E-state index is 12.7. The van der Waals surface area contributed by atoms with E-state index in [0.29, 0.717) is 19.3 Å². The van der Waals surface area contributed by atoms with Gasteiger partial charge in [0.25, 0.3) is 0 Å². The highest BCUT2D eigenvalue weighted by atomic mass is 16.6.